The average Bonchev–Trinajstić information content (AvgIpc) is 2.14. The van der Waals surface area contributed by atoms with E-state index in [1.54, 1.807) is 20.8 Å². The fourth-order valence-corrected chi connectivity index (χ4v) is 1.19. The van der Waals surface area contributed by atoms with Crippen LogP contribution in [-0.4, -0.2) is 34.2 Å². The summed E-state index contributed by atoms with van der Waals surface area (Å²) in [5, 5.41) is 20.8. The van der Waals surface area contributed by atoms with Crippen LogP contribution in [0.15, 0.2) is 0 Å². The van der Waals surface area contributed by atoms with Gasteiger partial charge >= 0.3 is 5.97 Å². The number of carbonyl (C=O) groups excluding carboxylic acids is 1. The molecule has 0 aliphatic rings. The van der Waals surface area contributed by atoms with Crippen LogP contribution in [-0.2, 0) is 9.59 Å². The number of amides is 1. The van der Waals surface area contributed by atoms with Crippen LogP contribution >= 0.6 is 0 Å². The number of hydrogen-bond acceptors (Lipinski definition) is 3. The van der Waals surface area contributed by atoms with Gasteiger partial charge in [0.05, 0.1) is 0 Å². The fourth-order valence-electron chi connectivity index (χ4n) is 1.19. The standard InChI is InChI=1S/C11H21NO4/c1-5-6-7(10(15)16)12-9(14)8(13)11(2,3)4/h7-8,13H,5-6H2,1-4H3,(H,12,14)(H,15,16). The van der Waals surface area contributed by atoms with Crippen LogP contribution in [0.1, 0.15) is 40.5 Å². The van der Waals surface area contributed by atoms with E-state index in [4.69, 9.17) is 5.11 Å². The van der Waals surface area contributed by atoms with Crippen molar-refractivity contribution in [2.24, 2.45) is 5.41 Å². The van der Waals surface area contributed by atoms with Crippen LogP contribution in [0.3, 0.4) is 0 Å². The van der Waals surface area contributed by atoms with Crippen molar-refractivity contribution in [1.82, 2.24) is 5.32 Å². The Morgan fingerprint density at radius 2 is 1.81 bits per heavy atom. The first-order valence-electron chi connectivity index (χ1n) is 5.41. The highest BCUT2D eigenvalue weighted by Gasteiger charge is 2.31. The number of nitrogens with one attached hydrogen (secondary N) is 1. The zero-order chi connectivity index (χ0) is 12.9. The second-order valence-electron chi connectivity index (χ2n) is 4.96. The maximum Gasteiger partial charge on any atom is 0.326 e. The zero-order valence-electron chi connectivity index (χ0n) is 10.3. The van der Waals surface area contributed by atoms with E-state index in [-0.39, 0.29) is 0 Å². The average molecular weight is 231 g/mol. The topological polar surface area (TPSA) is 86.6 Å². The Morgan fingerprint density at radius 1 is 1.31 bits per heavy atom. The van der Waals surface area contributed by atoms with E-state index in [1.165, 1.54) is 0 Å². The quantitative estimate of drug-likeness (QED) is 0.652. The normalized spacial score (nSPS) is 15.3. The molecule has 3 N–H and O–H groups in total. The molecule has 16 heavy (non-hydrogen) atoms. The lowest BCUT2D eigenvalue weighted by molar-refractivity contribution is -0.145. The molecular weight excluding hydrogens is 210 g/mol. The molecule has 0 heterocycles. The minimum atomic E-state index is -1.20. The molecule has 2 unspecified atom stereocenters. The van der Waals surface area contributed by atoms with Crippen molar-refractivity contribution in [3.63, 3.8) is 0 Å². The van der Waals surface area contributed by atoms with Gasteiger partial charge in [0.1, 0.15) is 12.1 Å². The SMILES string of the molecule is CCCC(NC(=O)C(O)C(C)(C)C)C(=O)O. The third-order valence-electron chi connectivity index (χ3n) is 2.26. The van der Waals surface area contributed by atoms with Crippen molar-refractivity contribution in [2.75, 3.05) is 0 Å². The molecule has 5 heteroatoms. The first-order valence-corrected chi connectivity index (χ1v) is 5.41. The van der Waals surface area contributed by atoms with Gasteiger partial charge in [0.2, 0.25) is 5.91 Å². The Kier molecular flexibility index (Phi) is 5.44. The molecule has 0 bridgehead atoms. The molecule has 2 atom stereocenters. The number of carboxylic acid groups (broad SMARTS) is 1. The molecule has 0 aromatic carbocycles. The highest BCUT2D eigenvalue weighted by molar-refractivity contribution is 5.86. The number of carboxylic acids is 1. The fraction of sp³-hybridized carbons (Fsp3) is 0.818. The van der Waals surface area contributed by atoms with Gasteiger partial charge in [-0.1, -0.05) is 34.1 Å². The summed E-state index contributed by atoms with van der Waals surface area (Å²) in [6.45, 7) is 6.98. The van der Waals surface area contributed by atoms with Gasteiger partial charge in [-0.15, -0.1) is 0 Å². The molecule has 0 saturated heterocycles. The minimum Gasteiger partial charge on any atom is -0.480 e. The van der Waals surface area contributed by atoms with E-state index in [2.05, 4.69) is 5.32 Å². The highest BCUT2D eigenvalue weighted by Crippen LogP contribution is 2.19. The van der Waals surface area contributed by atoms with E-state index in [0.717, 1.165) is 0 Å². The van der Waals surface area contributed by atoms with Crippen LogP contribution in [0.5, 0.6) is 0 Å². The van der Waals surface area contributed by atoms with Crippen molar-refractivity contribution in [2.45, 2.75) is 52.7 Å². The maximum atomic E-state index is 11.6. The Hall–Kier alpha value is -1.10. The Labute approximate surface area is 95.9 Å². The molecule has 0 spiro atoms. The van der Waals surface area contributed by atoms with Crippen LogP contribution in [0, 0.1) is 5.41 Å². The van der Waals surface area contributed by atoms with Crippen molar-refractivity contribution >= 4 is 11.9 Å². The summed E-state index contributed by atoms with van der Waals surface area (Å²) < 4.78 is 0. The molecule has 1 amide bonds. The van der Waals surface area contributed by atoms with Gasteiger partial charge in [-0.05, 0) is 11.8 Å². The Balaban J connectivity index is 4.46. The molecule has 0 aliphatic carbocycles. The van der Waals surface area contributed by atoms with E-state index in [0.29, 0.717) is 12.8 Å². The predicted octanol–water partition coefficient (Wildman–Crippen LogP) is 0.763. The summed E-state index contributed by atoms with van der Waals surface area (Å²) in [5.74, 6) is -1.70. The minimum absolute atomic E-state index is 0.359. The van der Waals surface area contributed by atoms with E-state index in [1.807, 2.05) is 6.92 Å². The molecule has 0 radical (unpaired) electrons. The smallest absolute Gasteiger partial charge is 0.326 e. The maximum absolute atomic E-state index is 11.6. The number of aliphatic hydroxyl groups excluding tert-OH is 1. The lowest BCUT2D eigenvalue weighted by Gasteiger charge is -2.26. The molecule has 5 nitrogen and oxygen atoms in total. The summed E-state index contributed by atoms with van der Waals surface area (Å²) in [7, 11) is 0. The lowest BCUT2D eigenvalue weighted by atomic mass is 9.88. The van der Waals surface area contributed by atoms with Gasteiger partial charge < -0.3 is 15.5 Å². The molecule has 0 aromatic rings. The number of hydrogen-bond donors (Lipinski definition) is 3. The number of carbonyl (C=O) groups is 2. The van der Waals surface area contributed by atoms with Crippen molar-refractivity contribution in [1.29, 1.82) is 0 Å². The molecule has 0 aromatic heterocycles. The van der Waals surface area contributed by atoms with Crippen LogP contribution in [0.4, 0.5) is 0 Å². The second-order valence-corrected chi connectivity index (χ2v) is 4.96. The van der Waals surface area contributed by atoms with Crippen LogP contribution in [0.2, 0.25) is 0 Å². The highest BCUT2D eigenvalue weighted by atomic mass is 16.4. The van der Waals surface area contributed by atoms with Gasteiger partial charge in [-0.25, -0.2) is 4.79 Å². The van der Waals surface area contributed by atoms with Crippen molar-refractivity contribution in [3.05, 3.63) is 0 Å². The zero-order valence-corrected chi connectivity index (χ0v) is 10.3. The molecule has 0 aliphatic heterocycles. The molecule has 0 fully saturated rings. The molecule has 94 valence electrons. The van der Waals surface area contributed by atoms with Gasteiger partial charge in [-0.2, -0.15) is 0 Å². The van der Waals surface area contributed by atoms with E-state index < -0.39 is 29.4 Å². The third kappa shape index (κ3) is 4.61. The summed E-state index contributed by atoms with van der Waals surface area (Å²) >= 11 is 0. The van der Waals surface area contributed by atoms with Crippen molar-refractivity contribution in [3.8, 4) is 0 Å². The van der Waals surface area contributed by atoms with Crippen LogP contribution < -0.4 is 5.32 Å². The van der Waals surface area contributed by atoms with Gasteiger partial charge in [-0.3, -0.25) is 4.79 Å². The monoisotopic (exact) mass is 231 g/mol. The second kappa shape index (κ2) is 5.84. The largest absolute Gasteiger partial charge is 0.480 e. The number of rotatable bonds is 5. The molecular formula is C11H21NO4. The van der Waals surface area contributed by atoms with E-state index in [9.17, 15) is 14.7 Å². The van der Waals surface area contributed by atoms with Gasteiger partial charge in [0.25, 0.3) is 0 Å². The summed E-state index contributed by atoms with van der Waals surface area (Å²) in [4.78, 5) is 22.4. The molecule has 0 rings (SSSR count). The first kappa shape index (κ1) is 14.9. The van der Waals surface area contributed by atoms with E-state index >= 15 is 0 Å². The Bertz CT molecular complexity index is 257. The summed E-state index contributed by atoms with van der Waals surface area (Å²) in [6.07, 6.45) is -0.188. The predicted molar refractivity (Wildman–Crippen MR) is 59.9 cm³/mol. The molecule has 0 saturated carbocycles. The summed E-state index contributed by atoms with van der Waals surface area (Å²) in [5.41, 5.74) is -0.598. The third-order valence-corrected chi connectivity index (χ3v) is 2.26. The van der Waals surface area contributed by atoms with Gasteiger partial charge in [0.15, 0.2) is 0 Å². The Morgan fingerprint density at radius 3 is 2.12 bits per heavy atom. The number of aliphatic carboxylic acids is 1. The number of aliphatic hydroxyl groups is 1. The lowest BCUT2D eigenvalue weighted by Crippen LogP contribution is -2.49. The van der Waals surface area contributed by atoms with Crippen molar-refractivity contribution < 1.29 is 19.8 Å². The van der Waals surface area contributed by atoms with Gasteiger partial charge in [0, 0.05) is 0 Å². The van der Waals surface area contributed by atoms with Crippen LogP contribution in [0.25, 0.3) is 0 Å². The first-order chi connectivity index (χ1) is 7.20. The summed E-state index contributed by atoms with van der Waals surface area (Å²) in [6, 6.07) is -0.922.